The van der Waals surface area contributed by atoms with Gasteiger partial charge >= 0.3 is 12.1 Å². The standard InChI is InChI=1S/C18H27NO4/c1-11-8-13(3)14(9-12(11)2)10-15(16(20)22-7)19-17(21)23-18(4,5)6/h8-9,15H,10H2,1-7H3,(H,19,21). The lowest BCUT2D eigenvalue weighted by Crippen LogP contribution is -2.45. The first-order chi connectivity index (χ1) is 10.5. The van der Waals surface area contributed by atoms with Crippen molar-refractivity contribution in [1.29, 1.82) is 0 Å². The number of hydrogen-bond acceptors (Lipinski definition) is 4. The minimum atomic E-state index is -0.782. The largest absolute Gasteiger partial charge is 0.467 e. The Hall–Kier alpha value is -2.04. The zero-order valence-electron chi connectivity index (χ0n) is 15.1. The molecule has 128 valence electrons. The van der Waals surface area contributed by atoms with Crippen LogP contribution in [0.1, 0.15) is 43.0 Å². The molecular weight excluding hydrogens is 294 g/mol. The van der Waals surface area contributed by atoms with Gasteiger partial charge in [0.25, 0.3) is 0 Å². The maximum Gasteiger partial charge on any atom is 0.408 e. The molecule has 1 aromatic carbocycles. The summed E-state index contributed by atoms with van der Waals surface area (Å²) in [6.07, 6.45) is -0.270. The van der Waals surface area contributed by atoms with Gasteiger partial charge in [-0.1, -0.05) is 12.1 Å². The molecule has 0 heterocycles. The molecule has 5 heteroatoms. The zero-order chi connectivity index (χ0) is 17.8. The first kappa shape index (κ1) is 19.0. The lowest BCUT2D eigenvalue weighted by atomic mass is 9.96. The third-order valence-electron chi connectivity index (χ3n) is 3.55. The van der Waals surface area contributed by atoms with Gasteiger partial charge in [-0.3, -0.25) is 0 Å². The van der Waals surface area contributed by atoms with E-state index < -0.39 is 23.7 Å². The summed E-state index contributed by atoms with van der Waals surface area (Å²) >= 11 is 0. The quantitative estimate of drug-likeness (QED) is 0.865. The SMILES string of the molecule is COC(=O)C(Cc1cc(C)c(C)cc1C)NC(=O)OC(C)(C)C. The highest BCUT2D eigenvalue weighted by molar-refractivity contribution is 5.81. The molecule has 1 aromatic rings. The highest BCUT2D eigenvalue weighted by Crippen LogP contribution is 2.17. The number of carbonyl (C=O) groups is 2. The first-order valence-electron chi connectivity index (χ1n) is 7.67. The monoisotopic (exact) mass is 321 g/mol. The van der Waals surface area contributed by atoms with Gasteiger partial charge in [0.2, 0.25) is 0 Å². The van der Waals surface area contributed by atoms with E-state index in [4.69, 9.17) is 9.47 Å². The van der Waals surface area contributed by atoms with Crippen LogP contribution in [0.2, 0.25) is 0 Å². The van der Waals surface area contributed by atoms with Gasteiger partial charge in [0, 0.05) is 6.42 Å². The molecule has 1 unspecified atom stereocenters. The Morgan fingerprint density at radius 2 is 1.65 bits per heavy atom. The molecule has 0 aliphatic heterocycles. The minimum absolute atomic E-state index is 0.360. The maximum atomic E-state index is 12.0. The number of ether oxygens (including phenoxy) is 2. The Kier molecular flexibility index (Phi) is 6.19. The fourth-order valence-electron chi connectivity index (χ4n) is 2.25. The predicted molar refractivity (Wildman–Crippen MR) is 89.5 cm³/mol. The van der Waals surface area contributed by atoms with E-state index in [0.717, 1.165) is 16.7 Å². The Morgan fingerprint density at radius 3 is 2.17 bits per heavy atom. The molecule has 0 aromatic heterocycles. The van der Waals surface area contributed by atoms with Crippen molar-refractivity contribution in [1.82, 2.24) is 5.32 Å². The summed E-state index contributed by atoms with van der Waals surface area (Å²) < 4.78 is 10.0. The second-order valence-corrected chi connectivity index (χ2v) is 6.79. The van der Waals surface area contributed by atoms with E-state index in [-0.39, 0.29) is 0 Å². The van der Waals surface area contributed by atoms with Gasteiger partial charge in [-0.2, -0.15) is 0 Å². The number of nitrogens with one attached hydrogen (secondary N) is 1. The Morgan fingerprint density at radius 1 is 1.09 bits per heavy atom. The molecule has 23 heavy (non-hydrogen) atoms. The van der Waals surface area contributed by atoms with Gasteiger partial charge in [0.1, 0.15) is 11.6 Å². The topological polar surface area (TPSA) is 64.6 Å². The fraction of sp³-hybridized carbons (Fsp3) is 0.556. The van der Waals surface area contributed by atoms with Crippen molar-refractivity contribution in [3.8, 4) is 0 Å². The predicted octanol–water partition coefficient (Wildman–Crippen LogP) is 3.22. The normalized spacial score (nSPS) is 12.5. The smallest absolute Gasteiger partial charge is 0.408 e. The van der Waals surface area contributed by atoms with Crippen LogP contribution in [0.4, 0.5) is 4.79 Å². The molecule has 0 spiro atoms. The van der Waals surface area contributed by atoms with Crippen molar-refractivity contribution in [2.75, 3.05) is 7.11 Å². The average molecular weight is 321 g/mol. The third kappa shape index (κ3) is 5.93. The number of esters is 1. The van der Waals surface area contributed by atoms with E-state index in [1.54, 1.807) is 20.8 Å². The van der Waals surface area contributed by atoms with E-state index in [2.05, 4.69) is 11.4 Å². The Labute approximate surface area is 138 Å². The minimum Gasteiger partial charge on any atom is -0.467 e. The molecule has 0 fully saturated rings. The highest BCUT2D eigenvalue weighted by atomic mass is 16.6. The molecule has 0 bridgehead atoms. The summed E-state index contributed by atoms with van der Waals surface area (Å²) in [5, 5.41) is 2.60. The number of carbonyl (C=O) groups excluding carboxylic acids is 2. The molecule has 0 radical (unpaired) electrons. The van der Waals surface area contributed by atoms with E-state index in [1.807, 2.05) is 26.8 Å². The number of hydrogen-bond donors (Lipinski definition) is 1. The van der Waals surface area contributed by atoms with Gasteiger partial charge in [-0.05, 0) is 63.8 Å². The van der Waals surface area contributed by atoms with Gasteiger partial charge in [-0.25, -0.2) is 9.59 Å². The zero-order valence-corrected chi connectivity index (χ0v) is 15.1. The Bertz CT molecular complexity index is 587. The second kappa shape index (κ2) is 7.49. The Balaban J connectivity index is 2.94. The molecule has 0 aliphatic carbocycles. The molecule has 5 nitrogen and oxygen atoms in total. The number of benzene rings is 1. The number of methoxy groups -OCH3 is 1. The van der Waals surface area contributed by atoms with Crippen molar-refractivity contribution in [2.45, 2.75) is 59.6 Å². The first-order valence-corrected chi connectivity index (χ1v) is 7.67. The molecule has 0 saturated heterocycles. The molecule has 0 aliphatic rings. The van der Waals surface area contributed by atoms with Crippen molar-refractivity contribution >= 4 is 12.1 Å². The van der Waals surface area contributed by atoms with Crippen molar-refractivity contribution in [3.63, 3.8) is 0 Å². The van der Waals surface area contributed by atoms with Crippen LogP contribution >= 0.6 is 0 Å². The lowest BCUT2D eigenvalue weighted by molar-refractivity contribution is -0.143. The second-order valence-electron chi connectivity index (χ2n) is 6.79. The van der Waals surface area contributed by atoms with Gasteiger partial charge in [0.05, 0.1) is 7.11 Å². The third-order valence-corrected chi connectivity index (χ3v) is 3.55. The summed E-state index contributed by atoms with van der Waals surface area (Å²) in [5.41, 5.74) is 3.79. The van der Waals surface area contributed by atoms with Crippen LogP contribution in [0.15, 0.2) is 12.1 Å². The number of aryl methyl sites for hydroxylation is 3. The number of rotatable bonds is 4. The van der Waals surface area contributed by atoms with Crippen molar-refractivity contribution in [3.05, 3.63) is 34.4 Å². The molecule has 1 amide bonds. The van der Waals surface area contributed by atoms with E-state index in [0.29, 0.717) is 6.42 Å². The summed E-state index contributed by atoms with van der Waals surface area (Å²) in [5.74, 6) is -0.492. The molecule has 1 rings (SSSR count). The number of amides is 1. The van der Waals surface area contributed by atoms with Crippen LogP contribution in [0, 0.1) is 20.8 Å². The van der Waals surface area contributed by atoms with Gasteiger partial charge < -0.3 is 14.8 Å². The van der Waals surface area contributed by atoms with E-state index in [1.165, 1.54) is 12.7 Å². The summed E-state index contributed by atoms with van der Waals surface area (Å²) in [6.45, 7) is 11.4. The summed E-state index contributed by atoms with van der Waals surface area (Å²) in [7, 11) is 1.30. The van der Waals surface area contributed by atoms with Crippen LogP contribution in [0.25, 0.3) is 0 Å². The van der Waals surface area contributed by atoms with Gasteiger partial charge in [-0.15, -0.1) is 0 Å². The van der Waals surface area contributed by atoms with E-state index >= 15 is 0 Å². The highest BCUT2D eigenvalue weighted by Gasteiger charge is 2.25. The van der Waals surface area contributed by atoms with Crippen LogP contribution < -0.4 is 5.32 Å². The van der Waals surface area contributed by atoms with Crippen molar-refractivity contribution in [2.24, 2.45) is 0 Å². The van der Waals surface area contributed by atoms with Gasteiger partial charge in [0.15, 0.2) is 0 Å². The molecule has 1 atom stereocenters. The average Bonchev–Trinajstić information content (AvgIpc) is 2.40. The van der Waals surface area contributed by atoms with Crippen molar-refractivity contribution < 1.29 is 19.1 Å². The van der Waals surface area contributed by atoms with Crippen LogP contribution in [0.5, 0.6) is 0 Å². The van der Waals surface area contributed by atoms with Crippen LogP contribution in [-0.4, -0.2) is 30.8 Å². The fourth-order valence-corrected chi connectivity index (χ4v) is 2.25. The van der Waals surface area contributed by atoms with Crippen LogP contribution in [-0.2, 0) is 20.7 Å². The van der Waals surface area contributed by atoms with Crippen LogP contribution in [0.3, 0.4) is 0 Å². The molecular formula is C18H27NO4. The lowest BCUT2D eigenvalue weighted by Gasteiger charge is -2.23. The number of alkyl carbamates (subject to hydrolysis) is 1. The summed E-state index contributed by atoms with van der Waals surface area (Å²) in [4.78, 5) is 23.9. The maximum absolute atomic E-state index is 12.0. The molecule has 0 saturated carbocycles. The van der Waals surface area contributed by atoms with E-state index in [9.17, 15) is 9.59 Å². The molecule has 1 N–H and O–H groups in total. The summed E-state index contributed by atoms with van der Waals surface area (Å²) in [6, 6.07) is 3.33.